The van der Waals surface area contributed by atoms with Crippen LogP contribution >= 0.6 is 0 Å². The van der Waals surface area contributed by atoms with Crippen LogP contribution in [0, 0.1) is 0 Å². The average Bonchev–Trinajstić information content (AvgIpc) is 2.31. The van der Waals surface area contributed by atoms with Crippen LogP contribution in [0.5, 0.6) is 0 Å². The number of likely N-dealkylation sites (N-methyl/N-ethyl adjacent to an activating group) is 1. The summed E-state index contributed by atoms with van der Waals surface area (Å²) in [5.74, 6) is 0.273. The minimum Gasteiger partial charge on any atom is -0.379 e. The van der Waals surface area contributed by atoms with Crippen LogP contribution in [-0.2, 0) is 9.53 Å². The molecule has 2 saturated heterocycles. The minimum absolute atomic E-state index is 0.273. The molecule has 1 amide bonds. The fourth-order valence-electron chi connectivity index (χ4n) is 2.11. The Morgan fingerprint density at radius 1 is 1.06 bits per heavy atom. The Morgan fingerprint density at radius 3 is 2.31 bits per heavy atom. The molecule has 5 heteroatoms. The number of amides is 1. The molecule has 0 spiro atoms. The molecule has 0 aromatic rings. The SMILES string of the molecule is CN1CCN(C(=O)CN2CCOCC2)CC1. The number of carbonyl (C=O) groups is 1. The van der Waals surface area contributed by atoms with Crippen molar-refractivity contribution >= 4 is 5.91 Å². The maximum atomic E-state index is 12.0. The largest absolute Gasteiger partial charge is 0.379 e. The topological polar surface area (TPSA) is 36.0 Å². The van der Waals surface area contributed by atoms with Gasteiger partial charge in [0.25, 0.3) is 0 Å². The van der Waals surface area contributed by atoms with Crippen LogP contribution < -0.4 is 0 Å². The molecule has 0 radical (unpaired) electrons. The molecule has 0 aromatic heterocycles. The van der Waals surface area contributed by atoms with Crippen LogP contribution in [-0.4, -0.2) is 86.7 Å². The molecule has 2 aliphatic rings. The van der Waals surface area contributed by atoms with Gasteiger partial charge in [0, 0.05) is 39.3 Å². The summed E-state index contributed by atoms with van der Waals surface area (Å²) in [6, 6.07) is 0. The van der Waals surface area contributed by atoms with Gasteiger partial charge in [-0.05, 0) is 7.05 Å². The average molecular weight is 227 g/mol. The van der Waals surface area contributed by atoms with Gasteiger partial charge in [0.05, 0.1) is 19.8 Å². The first-order valence-corrected chi connectivity index (χ1v) is 6.02. The van der Waals surface area contributed by atoms with Crippen molar-refractivity contribution in [3.8, 4) is 0 Å². The van der Waals surface area contributed by atoms with Crippen LogP contribution in [0.1, 0.15) is 0 Å². The smallest absolute Gasteiger partial charge is 0.236 e. The molecule has 2 heterocycles. The zero-order valence-corrected chi connectivity index (χ0v) is 10.0. The molecular formula is C11H21N3O2. The van der Waals surface area contributed by atoms with Gasteiger partial charge in [-0.1, -0.05) is 0 Å². The Hall–Kier alpha value is -0.650. The third-order valence-corrected chi connectivity index (χ3v) is 3.32. The number of ether oxygens (including phenoxy) is 1. The molecule has 0 unspecified atom stereocenters. The molecule has 2 rings (SSSR count). The van der Waals surface area contributed by atoms with E-state index in [0.29, 0.717) is 6.54 Å². The molecule has 0 atom stereocenters. The van der Waals surface area contributed by atoms with Gasteiger partial charge in [-0.25, -0.2) is 0 Å². The second kappa shape index (κ2) is 5.61. The van der Waals surface area contributed by atoms with Crippen LogP contribution in [0.4, 0.5) is 0 Å². The van der Waals surface area contributed by atoms with Crippen molar-refractivity contribution in [2.75, 3.05) is 66.1 Å². The molecule has 2 aliphatic heterocycles. The van der Waals surface area contributed by atoms with Gasteiger partial charge < -0.3 is 14.5 Å². The van der Waals surface area contributed by atoms with Crippen molar-refractivity contribution in [2.45, 2.75) is 0 Å². The molecule has 16 heavy (non-hydrogen) atoms. The summed E-state index contributed by atoms with van der Waals surface area (Å²) in [5, 5.41) is 0. The Labute approximate surface area is 96.9 Å². The van der Waals surface area contributed by atoms with Gasteiger partial charge in [0.1, 0.15) is 0 Å². The maximum Gasteiger partial charge on any atom is 0.236 e. The standard InChI is InChI=1S/C11H21N3O2/c1-12-2-4-14(5-3-12)11(15)10-13-6-8-16-9-7-13/h2-10H2,1H3. The lowest BCUT2D eigenvalue weighted by Crippen LogP contribution is -2.51. The van der Waals surface area contributed by atoms with Crippen molar-refractivity contribution in [3.05, 3.63) is 0 Å². The first-order chi connectivity index (χ1) is 7.75. The van der Waals surface area contributed by atoms with E-state index in [1.54, 1.807) is 0 Å². The fraction of sp³-hybridized carbons (Fsp3) is 0.909. The van der Waals surface area contributed by atoms with Crippen molar-refractivity contribution in [2.24, 2.45) is 0 Å². The molecule has 0 N–H and O–H groups in total. The molecule has 0 aliphatic carbocycles. The van der Waals surface area contributed by atoms with Gasteiger partial charge in [-0.2, -0.15) is 0 Å². The highest BCUT2D eigenvalue weighted by Crippen LogP contribution is 2.02. The molecule has 5 nitrogen and oxygen atoms in total. The monoisotopic (exact) mass is 227 g/mol. The summed E-state index contributed by atoms with van der Waals surface area (Å²) in [6.45, 7) is 7.60. The predicted molar refractivity (Wildman–Crippen MR) is 61.3 cm³/mol. The van der Waals surface area contributed by atoms with Crippen molar-refractivity contribution < 1.29 is 9.53 Å². The minimum atomic E-state index is 0.273. The number of carbonyl (C=O) groups excluding carboxylic acids is 1. The van der Waals surface area contributed by atoms with E-state index in [1.807, 2.05) is 4.90 Å². The van der Waals surface area contributed by atoms with Crippen LogP contribution in [0.25, 0.3) is 0 Å². The number of nitrogens with zero attached hydrogens (tertiary/aromatic N) is 3. The summed E-state index contributed by atoms with van der Waals surface area (Å²) in [6.07, 6.45) is 0. The van der Waals surface area contributed by atoms with E-state index < -0.39 is 0 Å². The number of rotatable bonds is 2. The van der Waals surface area contributed by atoms with Gasteiger partial charge in [-0.15, -0.1) is 0 Å². The summed E-state index contributed by atoms with van der Waals surface area (Å²) in [7, 11) is 2.10. The normalized spacial score (nSPS) is 24.7. The summed E-state index contributed by atoms with van der Waals surface area (Å²) < 4.78 is 5.27. The van der Waals surface area contributed by atoms with Gasteiger partial charge >= 0.3 is 0 Å². The van der Waals surface area contributed by atoms with E-state index in [4.69, 9.17) is 4.74 Å². The molecule has 0 aromatic carbocycles. The second-order valence-corrected chi connectivity index (χ2v) is 4.57. The highest BCUT2D eigenvalue weighted by Gasteiger charge is 2.21. The van der Waals surface area contributed by atoms with Crippen molar-refractivity contribution in [3.63, 3.8) is 0 Å². The second-order valence-electron chi connectivity index (χ2n) is 4.57. The van der Waals surface area contributed by atoms with Crippen LogP contribution in [0.3, 0.4) is 0 Å². The van der Waals surface area contributed by atoms with Crippen LogP contribution in [0.2, 0.25) is 0 Å². The third kappa shape index (κ3) is 3.17. The number of hydrogen-bond acceptors (Lipinski definition) is 4. The number of piperazine rings is 1. The molecule has 92 valence electrons. The first-order valence-electron chi connectivity index (χ1n) is 6.02. The Balaban J connectivity index is 1.74. The maximum absolute atomic E-state index is 12.0. The van der Waals surface area contributed by atoms with E-state index >= 15 is 0 Å². The van der Waals surface area contributed by atoms with Gasteiger partial charge in [0.2, 0.25) is 5.91 Å². The molecule has 0 saturated carbocycles. The highest BCUT2D eigenvalue weighted by molar-refractivity contribution is 5.78. The molecule has 0 bridgehead atoms. The first kappa shape index (κ1) is 11.8. The summed E-state index contributed by atoms with van der Waals surface area (Å²) in [5.41, 5.74) is 0. The highest BCUT2D eigenvalue weighted by atomic mass is 16.5. The quantitative estimate of drug-likeness (QED) is 0.612. The summed E-state index contributed by atoms with van der Waals surface area (Å²) >= 11 is 0. The van der Waals surface area contributed by atoms with E-state index in [0.717, 1.165) is 52.5 Å². The van der Waals surface area contributed by atoms with E-state index in [9.17, 15) is 4.79 Å². The Morgan fingerprint density at radius 2 is 1.69 bits per heavy atom. The Bertz CT molecular complexity index is 233. The third-order valence-electron chi connectivity index (χ3n) is 3.32. The van der Waals surface area contributed by atoms with Crippen LogP contribution in [0.15, 0.2) is 0 Å². The van der Waals surface area contributed by atoms with Crippen molar-refractivity contribution in [1.29, 1.82) is 0 Å². The zero-order valence-electron chi connectivity index (χ0n) is 10.0. The van der Waals surface area contributed by atoms with E-state index in [-0.39, 0.29) is 5.91 Å². The Kier molecular flexibility index (Phi) is 4.15. The molecular weight excluding hydrogens is 206 g/mol. The lowest BCUT2D eigenvalue weighted by Gasteiger charge is -2.34. The van der Waals surface area contributed by atoms with E-state index in [1.165, 1.54) is 0 Å². The molecule has 2 fully saturated rings. The fourth-order valence-corrected chi connectivity index (χ4v) is 2.11. The van der Waals surface area contributed by atoms with Gasteiger partial charge in [-0.3, -0.25) is 9.69 Å². The lowest BCUT2D eigenvalue weighted by molar-refractivity contribution is -0.135. The van der Waals surface area contributed by atoms with Crippen molar-refractivity contribution in [1.82, 2.24) is 14.7 Å². The summed E-state index contributed by atoms with van der Waals surface area (Å²) in [4.78, 5) is 18.4. The zero-order chi connectivity index (χ0) is 11.4. The van der Waals surface area contributed by atoms with Gasteiger partial charge in [0.15, 0.2) is 0 Å². The predicted octanol–water partition coefficient (Wildman–Crippen LogP) is -0.907. The number of hydrogen-bond donors (Lipinski definition) is 0. The van der Waals surface area contributed by atoms with E-state index in [2.05, 4.69) is 16.8 Å². The number of morpholine rings is 1. The lowest BCUT2D eigenvalue weighted by atomic mass is 10.3.